The molecule has 0 spiro atoms. The van der Waals surface area contributed by atoms with Crippen LogP contribution < -0.4 is 15.4 Å². The van der Waals surface area contributed by atoms with Gasteiger partial charge in [0, 0.05) is 27.7 Å². The molecule has 2 amide bonds. The fourth-order valence-electron chi connectivity index (χ4n) is 3.06. The molecule has 4 aromatic rings. The van der Waals surface area contributed by atoms with Crippen molar-refractivity contribution < 1.29 is 14.3 Å². The number of thioether (sulfide) groups is 1. The summed E-state index contributed by atoms with van der Waals surface area (Å²) in [6.45, 7) is 0. The van der Waals surface area contributed by atoms with Gasteiger partial charge in [-0.2, -0.15) is 0 Å². The SMILES string of the molecule is COc1ccc(C(=O)Nc2ccc(SC(C(=O)Nc3nccs3)c3ccccc3)cc2)cc1. The summed E-state index contributed by atoms with van der Waals surface area (Å²) in [6, 6.07) is 24.0. The molecule has 1 unspecified atom stereocenters. The first kappa shape index (κ1) is 22.6. The number of hydrogen-bond donors (Lipinski definition) is 2. The summed E-state index contributed by atoms with van der Waals surface area (Å²) in [4.78, 5) is 30.5. The standard InChI is InChI=1S/C25H21N3O3S2/c1-31-20-11-7-18(8-12-20)23(29)27-19-9-13-21(14-10-19)33-22(17-5-3-2-4-6-17)24(30)28-25-26-15-16-32-25/h2-16,22H,1H3,(H,27,29)(H,26,28,30). The smallest absolute Gasteiger partial charge is 0.255 e. The van der Waals surface area contributed by atoms with Gasteiger partial charge < -0.3 is 15.4 Å². The van der Waals surface area contributed by atoms with E-state index in [9.17, 15) is 9.59 Å². The number of anilines is 2. The molecule has 6 nitrogen and oxygen atoms in total. The van der Waals surface area contributed by atoms with Crippen molar-refractivity contribution in [2.75, 3.05) is 17.7 Å². The Morgan fingerprint density at radius 1 is 0.939 bits per heavy atom. The predicted molar refractivity (Wildman–Crippen MR) is 133 cm³/mol. The van der Waals surface area contributed by atoms with Crippen molar-refractivity contribution in [3.8, 4) is 5.75 Å². The van der Waals surface area contributed by atoms with Gasteiger partial charge in [-0.25, -0.2) is 4.98 Å². The molecular formula is C25H21N3O3S2. The number of aromatic nitrogens is 1. The Bertz CT molecular complexity index is 1200. The van der Waals surface area contributed by atoms with Crippen molar-refractivity contribution >= 4 is 45.7 Å². The average Bonchev–Trinajstić information content (AvgIpc) is 3.37. The molecule has 4 rings (SSSR count). The molecule has 3 aromatic carbocycles. The molecular weight excluding hydrogens is 454 g/mol. The minimum absolute atomic E-state index is 0.141. The van der Waals surface area contributed by atoms with Crippen molar-refractivity contribution in [3.05, 3.63) is 102 Å². The van der Waals surface area contributed by atoms with Gasteiger partial charge in [-0.15, -0.1) is 23.1 Å². The van der Waals surface area contributed by atoms with Crippen LogP contribution >= 0.6 is 23.1 Å². The Morgan fingerprint density at radius 2 is 1.67 bits per heavy atom. The van der Waals surface area contributed by atoms with Gasteiger partial charge in [-0.05, 0) is 54.1 Å². The number of carbonyl (C=O) groups excluding carboxylic acids is 2. The van der Waals surface area contributed by atoms with Crippen molar-refractivity contribution in [2.45, 2.75) is 10.1 Å². The van der Waals surface area contributed by atoms with Gasteiger partial charge in [-0.1, -0.05) is 30.3 Å². The summed E-state index contributed by atoms with van der Waals surface area (Å²) in [7, 11) is 1.58. The van der Waals surface area contributed by atoms with Crippen LogP contribution in [-0.4, -0.2) is 23.9 Å². The van der Waals surface area contributed by atoms with Crippen LogP contribution in [-0.2, 0) is 4.79 Å². The van der Waals surface area contributed by atoms with Gasteiger partial charge in [-0.3, -0.25) is 9.59 Å². The van der Waals surface area contributed by atoms with Gasteiger partial charge in [0.25, 0.3) is 5.91 Å². The molecule has 0 bridgehead atoms. The van der Waals surface area contributed by atoms with Crippen LogP contribution in [0.1, 0.15) is 21.2 Å². The summed E-state index contributed by atoms with van der Waals surface area (Å²) in [6.07, 6.45) is 1.66. The number of nitrogens with zero attached hydrogens (tertiary/aromatic N) is 1. The maximum atomic E-state index is 13.0. The molecule has 0 aliphatic carbocycles. The van der Waals surface area contributed by atoms with Crippen LogP contribution in [0.5, 0.6) is 5.75 Å². The highest BCUT2D eigenvalue weighted by molar-refractivity contribution is 8.00. The highest BCUT2D eigenvalue weighted by Gasteiger charge is 2.23. The zero-order valence-corrected chi connectivity index (χ0v) is 19.4. The molecule has 0 aliphatic rings. The zero-order chi connectivity index (χ0) is 23.0. The molecule has 0 fully saturated rings. The van der Waals surface area contributed by atoms with Crippen molar-refractivity contribution in [2.24, 2.45) is 0 Å². The topological polar surface area (TPSA) is 80.3 Å². The lowest BCUT2D eigenvalue weighted by Crippen LogP contribution is -2.18. The van der Waals surface area contributed by atoms with Crippen LogP contribution in [0.4, 0.5) is 10.8 Å². The van der Waals surface area contributed by atoms with Crippen LogP contribution in [0.3, 0.4) is 0 Å². The lowest BCUT2D eigenvalue weighted by Gasteiger charge is -2.16. The molecule has 166 valence electrons. The fraction of sp³-hybridized carbons (Fsp3) is 0.0800. The third-order valence-corrected chi connectivity index (χ3v) is 6.68. The van der Waals surface area contributed by atoms with Crippen LogP contribution in [0, 0.1) is 0 Å². The van der Waals surface area contributed by atoms with E-state index in [2.05, 4.69) is 15.6 Å². The van der Waals surface area contributed by atoms with E-state index in [1.54, 1.807) is 37.6 Å². The molecule has 8 heteroatoms. The molecule has 2 N–H and O–H groups in total. The van der Waals surface area contributed by atoms with E-state index >= 15 is 0 Å². The van der Waals surface area contributed by atoms with E-state index in [0.29, 0.717) is 22.1 Å². The largest absolute Gasteiger partial charge is 0.497 e. The van der Waals surface area contributed by atoms with Gasteiger partial charge in [0.05, 0.1) is 7.11 Å². The number of thiazole rings is 1. The number of hydrogen-bond acceptors (Lipinski definition) is 6. The number of rotatable bonds is 8. The molecule has 0 saturated carbocycles. The Labute approximate surface area is 200 Å². The maximum Gasteiger partial charge on any atom is 0.255 e. The first-order valence-electron chi connectivity index (χ1n) is 10.1. The predicted octanol–water partition coefficient (Wildman–Crippen LogP) is 5.88. The number of ether oxygens (including phenoxy) is 1. The van der Waals surface area contributed by atoms with Crippen molar-refractivity contribution in [1.82, 2.24) is 4.98 Å². The first-order chi connectivity index (χ1) is 16.1. The van der Waals surface area contributed by atoms with E-state index in [1.807, 2.05) is 60.0 Å². The third-order valence-electron chi connectivity index (χ3n) is 4.72. The Morgan fingerprint density at radius 3 is 2.30 bits per heavy atom. The lowest BCUT2D eigenvalue weighted by atomic mass is 10.1. The summed E-state index contributed by atoms with van der Waals surface area (Å²) in [5, 5.41) is 7.71. The van der Waals surface area contributed by atoms with Crippen LogP contribution in [0.15, 0.2) is 95.3 Å². The second-order valence-electron chi connectivity index (χ2n) is 6.94. The van der Waals surface area contributed by atoms with Crippen LogP contribution in [0.2, 0.25) is 0 Å². The minimum atomic E-state index is -0.449. The molecule has 33 heavy (non-hydrogen) atoms. The maximum absolute atomic E-state index is 13.0. The number of nitrogens with one attached hydrogen (secondary N) is 2. The third kappa shape index (κ3) is 6.00. The fourth-order valence-corrected chi connectivity index (χ4v) is 4.61. The molecule has 1 heterocycles. The van der Waals surface area contributed by atoms with E-state index in [-0.39, 0.29) is 11.8 Å². The number of amides is 2. The van der Waals surface area contributed by atoms with E-state index in [4.69, 9.17) is 4.74 Å². The Kier molecular flexibility index (Phi) is 7.39. The van der Waals surface area contributed by atoms with Gasteiger partial charge in [0.1, 0.15) is 11.0 Å². The Hall–Kier alpha value is -3.62. The van der Waals surface area contributed by atoms with E-state index in [1.165, 1.54) is 23.1 Å². The number of methoxy groups -OCH3 is 1. The second kappa shape index (κ2) is 10.8. The summed E-state index contributed by atoms with van der Waals surface area (Å²) < 4.78 is 5.12. The quantitative estimate of drug-likeness (QED) is 0.311. The number of benzene rings is 3. The Balaban J connectivity index is 1.45. The molecule has 0 saturated heterocycles. The van der Waals surface area contributed by atoms with E-state index < -0.39 is 5.25 Å². The molecule has 0 radical (unpaired) electrons. The van der Waals surface area contributed by atoms with Crippen LogP contribution in [0.25, 0.3) is 0 Å². The van der Waals surface area contributed by atoms with Crippen molar-refractivity contribution in [1.29, 1.82) is 0 Å². The zero-order valence-electron chi connectivity index (χ0n) is 17.7. The highest BCUT2D eigenvalue weighted by Crippen LogP contribution is 2.36. The number of carbonyl (C=O) groups is 2. The molecule has 1 atom stereocenters. The van der Waals surface area contributed by atoms with Gasteiger partial charge in [0.2, 0.25) is 5.91 Å². The van der Waals surface area contributed by atoms with Crippen molar-refractivity contribution in [3.63, 3.8) is 0 Å². The first-order valence-corrected chi connectivity index (χ1v) is 11.9. The highest BCUT2D eigenvalue weighted by atomic mass is 32.2. The summed E-state index contributed by atoms with van der Waals surface area (Å²) in [5.41, 5.74) is 2.11. The normalized spacial score (nSPS) is 11.4. The summed E-state index contributed by atoms with van der Waals surface area (Å²) in [5.74, 6) is 0.348. The summed E-state index contributed by atoms with van der Waals surface area (Å²) >= 11 is 2.82. The van der Waals surface area contributed by atoms with Gasteiger partial charge in [0.15, 0.2) is 5.13 Å². The second-order valence-corrected chi connectivity index (χ2v) is 9.02. The molecule has 0 aliphatic heterocycles. The van der Waals surface area contributed by atoms with E-state index in [0.717, 1.165) is 10.5 Å². The monoisotopic (exact) mass is 475 g/mol. The minimum Gasteiger partial charge on any atom is -0.497 e. The average molecular weight is 476 g/mol. The van der Waals surface area contributed by atoms with Gasteiger partial charge >= 0.3 is 0 Å². The lowest BCUT2D eigenvalue weighted by molar-refractivity contribution is -0.115. The molecule has 1 aromatic heterocycles.